The van der Waals surface area contributed by atoms with Crippen LogP contribution in [-0.2, 0) is 11.2 Å². The van der Waals surface area contributed by atoms with Gasteiger partial charge in [-0.1, -0.05) is 61.0 Å². The maximum atomic E-state index is 12.5. The molecule has 0 heterocycles. The number of halogens is 1. The van der Waals surface area contributed by atoms with E-state index >= 15 is 0 Å². The molecule has 2 aromatic carbocycles. The fourth-order valence-corrected chi connectivity index (χ4v) is 2.74. The van der Waals surface area contributed by atoms with Crippen LogP contribution in [0.2, 0.25) is 5.02 Å². The topological polar surface area (TPSA) is 17.1 Å². The Morgan fingerprint density at radius 2 is 1.85 bits per heavy atom. The van der Waals surface area contributed by atoms with E-state index in [1.807, 2.05) is 62.4 Å². The van der Waals surface area contributed by atoms with Gasteiger partial charge >= 0.3 is 0 Å². The van der Waals surface area contributed by atoms with Crippen LogP contribution in [0.3, 0.4) is 0 Å². The molecule has 1 nitrogen and oxygen atoms in total. The van der Waals surface area contributed by atoms with Crippen molar-refractivity contribution in [3.63, 3.8) is 0 Å². The maximum Gasteiger partial charge on any atom is 0.144 e. The van der Waals surface area contributed by atoms with Crippen molar-refractivity contribution < 1.29 is 4.79 Å². The molecule has 104 valence electrons. The first-order valence-corrected chi connectivity index (χ1v) is 7.32. The number of Topliss-reactive ketones (excluding diaryl/α,β-unsaturated/α-hetero) is 1. The Morgan fingerprint density at radius 1 is 1.15 bits per heavy atom. The smallest absolute Gasteiger partial charge is 0.144 e. The summed E-state index contributed by atoms with van der Waals surface area (Å²) in [4.78, 5) is 12.5. The Bertz CT molecular complexity index is 590. The van der Waals surface area contributed by atoms with Gasteiger partial charge in [0.1, 0.15) is 5.78 Å². The lowest BCUT2D eigenvalue weighted by Crippen LogP contribution is -2.14. The summed E-state index contributed by atoms with van der Waals surface area (Å²) in [6, 6.07) is 15.8. The summed E-state index contributed by atoms with van der Waals surface area (Å²) in [5.41, 5.74) is 3.11. The third kappa shape index (κ3) is 3.49. The van der Waals surface area contributed by atoms with Crippen molar-refractivity contribution in [2.24, 2.45) is 0 Å². The van der Waals surface area contributed by atoms with Crippen molar-refractivity contribution in [1.82, 2.24) is 0 Å². The highest BCUT2D eigenvalue weighted by atomic mass is 35.5. The van der Waals surface area contributed by atoms with E-state index < -0.39 is 0 Å². The van der Waals surface area contributed by atoms with E-state index in [2.05, 4.69) is 0 Å². The SMILES string of the molecule is CCC(C(=O)Cc1ccc(C)cc1Cl)c1ccccc1. The van der Waals surface area contributed by atoms with E-state index in [0.29, 0.717) is 11.4 Å². The van der Waals surface area contributed by atoms with Gasteiger partial charge in [0.05, 0.1) is 0 Å². The summed E-state index contributed by atoms with van der Waals surface area (Å²) in [6.45, 7) is 4.04. The van der Waals surface area contributed by atoms with Gasteiger partial charge in [-0.2, -0.15) is 0 Å². The zero-order chi connectivity index (χ0) is 14.5. The third-order valence-corrected chi connectivity index (χ3v) is 3.92. The molecule has 2 rings (SSSR count). The molecule has 0 aliphatic heterocycles. The third-order valence-electron chi connectivity index (χ3n) is 3.57. The lowest BCUT2D eigenvalue weighted by molar-refractivity contribution is -0.119. The lowest BCUT2D eigenvalue weighted by atomic mass is 9.89. The van der Waals surface area contributed by atoms with Crippen molar-refractivity contribution >= 4 is 17.4 Å². The van der Waals surface area contributed by atoms with Gasteiger partial charge in [0.25, 0.3) is 0 Å². The Balaban J connectivity index is 2.18. The van der Waals surface area contributed by atoms with Gasteiger partial charge in [-0.05, 0) is 36.1 Å². The molecule has 1 unspecified atom stereocenters. The minimum Gasteiger partial charge on any atom is -0.299 e. The van der Waals surface area contributed by atoms with Crippen LogP contribution in [0.4, 0.5) is 0 Å². The van der Waals surface area contributed by atoms with Crippen LogP contribution in [0, 0.1) is 6.92 Å². The molecule has 2 aromatic rings. The predicted molar refractivity (Wildman–Crippen MR) is 84.4 cm³/mol. The molecule has 0 fully saturated rings. The van der Waals surface area contributed by atoms with Crippen molar-refractivity contribution in [3.8, 4) is 0 Å². The molecule has 20 heavy (non-hydrogen) atoms. The van der Waals surface area contributed by atoms with Crippen LogP contribution in [0.5, 0.6) is 0 Å². The van der Waals surface area contributed by atoms with Crippen LogP contribution in [0.25, 0.3) is 0 Å². The normalized spacial score (nSPS) is 12.2. The molecule has 0 spiro atoms. The standard InChI is InChI=1S/C18H19ClO/c1-3-16(14-7-5-4-6-8-14)18(20)12-15-10-9-13(2)11-17(15)19/h4-11,16H,3,12H2,1-2H3. The Morgan fingerprint density at radius 3 is 2.45 bits per heavy atom. The summed E-state index contributed by atoms with van der Waals surface area (Å²) >= 11 is 6.22. The van der Waals surface area contributed by atoms with E-state index in [4.69, 9.17) is 11.6 Å². The summed E-state index contributed by atoms with van der Waals surface area (Å²) in [5, 5.41) is 0.682. The molecule has 0 amide bonds. The molecule has 0 aromatic heterocycles. The molecule has 0 bridgehead atoms. The number of ketones is 1. The second kappa shape index (κ2) is 6.71. The molecule has 0 radical (unpaired) electrons. The largest absolute Gasteiger partial charge is 0.299 e. The number of hydrogen-bond acceptors (Lipinski definition) is 1. The first-order chi connectivity index (χ1) is 9.61. The van der Waals surface area contributed by atoms with Crippen molar-refractivity contribution in [1.29, 1.82) is 0 Å². The Labute approximate surface area is 125 Å². The summed E-state index contributed by atoms with van der Waals surface area (Å²) in [7, 11) is 0. The molecule has 2 heteroatoms. The number of carbonyl (C=O) groups is 1. The monoisotopic (exact) mass is 286 g/mol. The molecule has 0 N–H and O–H groups in total. The molecule has 0 saturated heterocycles. The highest BCUT2D eigenvalue weighted by molar-refractivity contribution is 6.31. The Kier molecular flexibility index (Phi) is 4.97. The van der Waals surface area contributed by atoms with E-state index in [1.165, 1.54) is 0 Å². The highest BCUT2D eigenvalue weighted by Gasteiger charge is 2.19. The van der Waals surface area contributed by atoms with Crippen LogP contribution in [-0.4, -0.2) is 5.78 Å². The number of carbonyl (C=O) groups excluding carboxylic acids is 1. The van der Waals surface area contributed by atoms with Crippen molar-refractivity contribution in [3.05, 3.63) is 70.2 Å². The maximum absolute atomic E-state index is 12.5. The molecular formula is C18H19ClO. The molecule has 0 aliphatic rings. The van der Waals surface area contributed by atoms with Gasteiger partial charge in [-0.15, -0.1) is 0 Å². The molecule has 0 saturated carbocycles. The van der Waals surface area contributed by atoms with Crippen LogP contribution in [0.15, 0.2) is 48.5 Å². The second-order valence-electron chi connectivity index (χ2n) is 5.11. The fourth-order valence-electron chi connectivity index (χ4n) is 2.44. The number of hydrogen-bond donors (Lipinski definition) is 0. The number of benzene rings is 2. The van der Waals surface area contributed by atoms with Gasteiger partial charge in [-0.25, -0.2) is 0 Å². The molecular weight excluding hydrogens is 268 g/mol. The zero-order valence-corrected chi connectivity index (χ0v) is 12.7. The number of rotatable bonds is 5. The van der Waals surface area contributed by atoms with Gasteiger partial charge in [0.2, 0.25) is 0 Å². The van der Waals surface area contributed by atoms with Gasteiger partial charge < -0.3 is 0 Å². The lowest BCUT2D eigenvalue weighted by Gasteiger charge is -2.15. The van der Waals surface area contributed by atoms with E-state index in [1.54, 1.807) is 0 Å². The van der Waals surface area contributed by atoms with Gasteiger partial charge in [-0.3, -0.25) is 4.79 Å². The summed E-state index contributed by atoms with van der Waals surface area (Å²) in [6.07, 6.45) is 1.21. The quantitative estimate of drug-likeness (QED) is 0.760. The van der Waals surface area contributed by atoms with E-state index in [-0.39, 0.29) is 11.7 Å². The van der Waals surface area contributed by atoms with Crippen LogP contribution < -0.4 is 0 Å². The van der Waals surface area contributed by atoms with Gasteiger partial charge in [0.15, 0.2) is 0 Å². The molecule has 1 atom stereocenters. The first kappa shape index (κ1) is 14.8. The average molecular weight is 287 g/mol. The first-order valence-electron chi connectivity index (χ1n) is 6.94. The minimum absolute atomic E-state index is 0.0476. The minimum atomic E-state index is -0.0476. The summed E-state index contributed by atoms with van der Waals surface area (Å²) < 4.78 is 0. The van der Waals surface area contributed by atoms with Crippen LogP contribution in [0.1, 0.15) is 36.0 Å². The Hall–Kier alpha value is -1.60. The number of aryl methyl sites for hydroxylation is 1. The highest BCUT2D eigenvalue weighted by Crippen LogP contribution is 2.25. The van der Waals surface area contributed by atoms with Crippen LogP contribution >= 0.6 is 11.6 Å². The van der Waals surface area contributed by atoms with E-state index in [0.717, 1.165) is 23.1 Å². The van der Waals surface area contributed by atoms with E-state index in [9.17, 15) is 4.79 Å². The summed E-state index contributed by atoms with van der Waals surface area (Å²) in [5.74, 6) is 0.179. The fraction of sp³-hybridized carbons (Fsp3) is 0.278. The van der Waals surface area contributed by atoms with Crippen molar-refractivity contribution in [2.45, 2.75) is 32.6 Å². The van der Waals surface area contributed by atoms with Crippen molar-refractivity contribution in [2.75, 3.05) is 0 Å². The van der Waals surface area contributed by atoms with Gasteiger partial charge in [0, 0.05) is 17.4 Å². The molecule has 0 aliphatic carbocycles. The second-order valence-corrected chi connectivity index (χ2v) is 5.52. The zero-order valence-electron chi connectivity index (χ0n) is 11.9. The average Bonchev–Trinajstić information content (AvgIpc) is 2.44. The predicted octanol–water partition coefficient (Wildman–Crippen LogP) is 4.95.